The summed E-state index contributed by atoms with van der Waals surface area (Å²) in [5, 5.41) is 0.539. The van der Waals surface area contributed by atoms with Crippen LogP contribution in [0.3, 0.4) is 0 Å². The summed E-state index contributed by atoms with van der Waals surface area (Å²) in [6.45, 7) is 2.69. The first-order chi connectivity index (χ1) is 18.6. The number of anilines is 1. The van der Waals surface area contributed by atoms with E-state index in [1.807, 2.05) is 11.8 Å². The Morgan fingerprint density at radius 2 is 1.90 bits per heavy atom. The maximum Gasteiger partial charge on any atom is 0.573 e. The second-order valence-electron chi connectivity index (χ2n) is 9.62. The molecule has 2 aliphatic rings. The van der Waals surface area contributed by atoms with E-state index in [9.17, 15) is 22.9 Å². The fraction of sp³-hybridized carbons (Fsp3) is 0.407. The number of rotatable bonds is 8. The number of aromatic nitrogens is 2. The molecule has 2 aliphatic heterocycles. The Balaban J connectivity index is 1.61. The van der Waals surface area contributed by atoms with Crippen LogP contribution in [0.5, 0.6) is 17.5 Å². The quantitative estimate of drug-likeness (QED) is 0.281. The van der Waals surface area contributed by atoms with Crippen molar-refractivity contribution in [1.29, 1.82) is 0 Å². The zero-order chi connectivity index (χ0) is 27.7. The van der Waals surface area contributed by atoms with Crippen LogP contribution in [0.4, 0.5) is 24.8 Å². The van der Waals surface area contributed by atoms with Crippen molar-refractivity contribution < 1.29 is 32.2 Å². The van der Waals surface area contributed by atoms with E-state index in [1.165, 1.54) is 12.1 Å². The third-order valence-corrected chi connectivity index (χ3v) is 7.15. The van der Waals surface area contributed by atoms with Crippen LogP contribution in [0.15, 0.2) is 48.5 Å². The summed E-state index contributed by atoms with van der Waals surface area (Å²) in [6, 6.07) is 10.8. The van der Waals surface area contributed by atoms with Gasteiger partial charge in [-0.25, -0.2) is 0 Å². The Hall–Kier alpha value is -3.60. The molecule has 1 aromatic heterocycles. The van der Waals surface area contributed by atoms with Crippen molar-refractivity contribution in [3.05, 3.63) is 64.0 Å². The number of hydrogen-bond donors (Lipinski definition) is 0. The number of hydrogen-bond acceptors (Lipinski definition) is 6. The van der Waals surface area contributed by atoms with Gasteiger partial charge < -0.3 is 14.4 Å². The minimum absolute atomic E-state index is 0.00852. The Morgan fingerprint density at radius 3 is 2.62 bits per heavy atom. The number of nitrogens with zero attached hydrogens (tertiary/aromatic N) is 4. The minimum atomic E-state index is -4.86. The molecule has 3 heterocycles. The van der Waals surface area contributed by atoms with E-state index >= 15 is 0 Å². The molecule has 0 radical (unpaired) electrons. The molecule has 12 heteroatoms. The second-order valence-corrected chi connectivity index (χ2v) is 10.1. The summed E-state index contributed by atoms with van der Waals surface area (Å²) >= 11 is 6.06. The van der Waals surface area contributed by atoms with Crippen molar-refractivity contribution in [2.24, 2.45) is 0 Å². The predicted molar refractivity (Wildman–Crippen MR) is 138 cm³/mol. The standard InChI is InChI=1S/C27H27ClF3N4O4/c1-2-3-8-22-23(36)21-9-5-14-33(21)24-25(35(22)37)34(16-17-10-12-18(28)13-11-17)26(32-24)38-19-6-4-7-20(15-19)39-27(29,30)31/h4,6-7,10-13,15,21-22H,2-3,5,8-9,14,16H2,1H3/q+1. The molecule has 0 saturated carbocycles. The lowest BCUT2D eigenvalue weighted by Gasteiger charge is -2.20. The van der Waals surface area contributed by atoms with Crippen LogP contribution >= 0.6 is 11.6 Å². The summed E-state index contributed by atoms with van der Waals surface area (Å²) in [7, 11) is 0. The molecule has 3 aromatic rings. The topological polar surface area (TPSA) is 76.7 Å². The highest BCUT2D eigenvalue weighted by Crippen LogP contribution is 2.43. The minimum Gasteiger partial charge on any atom is -0.408 e. The SMILES string of the molecule is CCCCC1C(=O)C2CCCN2c2nc(Oc3cccc(OC(F)(F)F)c3)n(Cc3ccc(Cl)cc3)c2[N+]1=O. The Labute approximate surface area is 227 Å². The smallest absolute Gasteiger partial charge is 0.408 e. The number of Topliss-reactive ketones (excluding diaryl/α,β-unsaturated/α-hetero) is 1. The number of ketones is 1. The highest BCUT2D eigenvalue weighted by Gasteiger charge is 2.50. The third kappa shape index (κ3) is 5.73. The largest absolute Gasteiger partial charge is 0.573 e. The van der Waals surface area contributed by atoms with Gasteiger partial charge in [-0.3, -0.25) is 4.79 Å². The average Bonchev–Trinajstić information content (AvgIpc) is 3.48. The van der Waals surface area contributed by atoms with Crippen LogP contribution < -0.4 is 14.4 Å². The van der Waals surface area contributed by atoms with Crippen LogP contribution in [-0.4, -0.2) is 45.1 Å². The van der Waals surface area contributed by atoms with Gasteiger partial charge in [-0.15, -0.1) is 18.2 Å². The number of imidazole rings is 1. The second kappa shape index (κ2) is 10.9. The van der Waals surface area contributed by atoms with Crippen molar-refractivity contribution in [3.63, 3.8) is 0 Å². The van der Waals surface area contributed by atoms with Gasteiger partial charge >= 0.3 is 18.2 Å². The molecule has 2 atom stereocenters. The molecular formula is C27H27ClF3N4O4+. The number of alkyl halides is 3. The summed E-state index contributed by atoms with van der Waals surface area (Å²) in [4.78, 5) is 33.9. The number of halogens is 4. The zero-order valence-electron chi connectivity index (χ0n) is 21.2. The normalized spacial score (nSPS) is 19.1. The number of nitroso groups, excluding NO2 is 1. The average molecular weight is 564 g/mol. The van der Waals surface area contributed by atoms with E-state index in [0.29, 0.717) is 36.6 Å². The van der Waals surface area contributed by atoms with Crippen molar-refractivity contribution in [2.75, 3.05) is 11.4 Å². The molecule has 5 rings (SSSR count). The van der Waals surface area contributed by atoms with Crippen LogP contribution in [0, 0.1) is 4.91 Å². The lowest BCUT2D eigenvalue weighted by atomic mass is 9.99. The monoisotopic (exact) mass is 563 g/mol. The summed E-state index contributed by atoms with van der Waals surface area (Å²) in [5.41, 5.74) is 0.783. The third-order valence-electron chi connectivity index (χ3n) is 6.89. The van der Waals surface area contributed by atoms with Crippen molar-refractivity contribution >= 4 is 29.0 Å². The first-order valence-corrected chi connectivity index (χ1v) is 13.2. The first-order valence-electron chi connectivity index (χ1n) is 12.8. The van der Waals surface area contributed by atoms with Crippen LogP contribution in [0.1, 0.15) is 44.6 Å². The highest BCUT2D eigenvalue weighted by molar-refractivity contribution is 6.30. The number of benzene rings is 2. The van der Waals surface area contributed by atoms with Gasteiger partial charge in [0.05, 0.1) is 6.04 Å². The van der Waals surface area contributed by atoms with Gasteiger partial charge in [-0.1, -0.05) is 48.1 Å². The molecule has 0 aliphatic carbocycles. The van der Waals surface area contributed by atoms with E-state index in [2.05, 4.69) is 9.72 Å². The van der Waals surface area contributed by atoms with Crippen molar-refractivity contribution in [3.8, 4) is 17.5 Å². The van der Waals surface area contributed by atoms with E-state index in [0.717, 1.165) is 35.3 Å². The van der Waals surface area contributed by atoms with E-state index in [1.54, 1.807) is 28.8 Å². The lowest BCUT2D eigenvalue weighted by Crippen LogP contribution is -2.42. The maximum absolute atomic E-state index is 13.9. The Bertz CT molecular complexity index is 1380. The van der Waals surface area contributed by atoms with Crippen LogP contribution in [-0.2, 0) is 11.3 Å². The molecule has 0 bridgehead atoms. The van der Waals surface area contributed by atoms with Crippen LogP contribution in [0.2, 0.25) is 5.02 Å². The Kier molecular flexibility index (Phi) is 7.53. The number of carbonyl (C=O) groups excluding carboxylic acids is 1. The van der Waals surface area contributed by atoms with Gasteiger partial charge in [0.15, 0.2) is 0 Å². The molecule has 8 nitrogen and oxygen atoms in total. The fourth-order valence-electron chi connectivity index (χ4n) is 5.11. The lowest BCUT2D eigenvalue weighted by molar-refractivity contribution is -0.496. The van der Waals surface area contributed by atoms with Gasteiger partial charge in [0.25, 0.3) is 0 Å². The molecule has 1 fully saturated rings. The molecule has 39 heavy (non-hydrogen) atoms. The van der Waals surface area contributed by atoms with Crippen LogP contribution in [0.25, 0.3) is 0 Å². The molecule has 0 N–H and O–H groups in total. The van der Waals surface area contributed by atoms with E-state index < -0.39 is 24.2 Å². The van der Waals surface area contributed by atoms with E-state index in [-0.39, 0.29) is 29.9 Å². The first kappa shape index (κ1) is 27.0. The summed E-state index contributed by atoms with van der Waals surface area (Å²) in [5.74, 6) is -0.0181. The maximum atomic E-state index is 13.9. The molecule has 0 amide bonds. The number of unbranched alkanes of at least 4 members (excludes halogenated alkanes) is 1. The number of fused-ring (bicyclic) bond motifs is 3. The molecular weight excluding hydrogens is 537 g/mol. The predicted octanol–water partition coefficient (Wildman–Crippen LogP) is 6.80. The Morgan fingerprint density at radius 1 is 1.15 bits per heavy atom. The van der Waals surface area contributed by atoms with Crippen molar-refractivity contribution in [1.82, 2.24) is 9.55 Å². The van der Waals surface area contributed by atoms with Gasteiger partial charge in [0.1, 0.15) is 18.0 Å². The number of carbonyl (C=O) groups is 1. The van der Waals surface area contributed by atoms with Gasteiger partial charge in [-0.2, -0.15) is 4.57 Å². The molecule has 1 saturated heterocycles. The molecule has 0 spiro atoms. The van der Waals surface area contributed by atoms with E-state index in [4.69, 9.17) is 16.3 Å². The zero-order valence-corrected chi connectivity index (χ0v) is 21.9. The van der Waals surface area contributed by atoms with Crippen molar-refractivity contribution in [2.45, 2.75) is 64.0 Å². The van der Waals surface area contributed by atoms with Gasteiger partial charge in [0.2, 0.25) is 17.6 Å². The summed E-state index contributed by atoms with van der Waals surface area (Å²) < 4.78 is 50.7. The molecule has 206 valence electrons. The summed E-state index contributed by atoms with van der Waals surface area (Å²) in [6.07, 6.45) is -1.54. The molecule has 2 aromatic carbocycles. The highest BCUT2D eigenvalue weighted by atomic mass is 35.5. The fourth-order valence-corrected chi connectivity index (χ4v) is 5.24. The number of ether oxygens (including phenoxy) is 2. The van der Waals surface area contributed by atoms with Gasteiger partial charge in [0, 0.05) is 17.6 Å². The molecule has 2 unspecified atom stereocenters. The van der Waals surface area contributed by atoms with Gasteiger partial charge in [-0.05, 0) is 60.3 Å².